The highest BCUT2D eigenvalue weighted by Crippen LogP contribution is 2.35. The Bertz CT molecular complexity index is 1020. The number of halogens is 1. The Morgan fingerprint density at radius 3 is 2.70 bits per heavy atom. The Morgan fingerprint density at radius 2 is 1.96 bits per heavy atom. The van der Waals surface area contributed by atoms with E-state index in [0.717, 1.165) is 5.39 Å². The van der Waals surface area contributed by atoms with Crippen LogP contribution >= 0.6 is 0 Å². The zero-order valence-corrected chi connectivity index (χ0v) is 14.5. The van der Waals surface area contributed by atoms with Gasteiger partial charge in [0.25, 0.3) is 0 Å². The van der Waals surface area contributed by atoms with E-state index in [4.69, 9.17) is 0 Å². The highest BCUT2D eigenvalue weighted by atomic mass is 19.1. The number of carboxylic acids is 1. The highest BCUT2D eigenvalue weighted by Gasteiger charge is 2.26. The minimum atomic E-state index is -0.768. The molecule has 0 spiro atoms. The first-order valence-corrected chi connectivity index (χ1v) is 8.75. The van der Waals surface area contributed by atoms with Gasteiger partial charge in [0.15, 0.2) is 0 Å². The number of aromatic nitrogens is 2. The Morgan fingerprint density at radius 1 is 1.19 bits per heavy atom. The molecule has 0 aliphatic carbocycles. The zero-order chi connectivity index (χ0) is 19.0. The molecule has 138 valence electrons. The number of piperidine rings is 1. The van der Waals surface area contributed by atoms with Crippen molar-refractivity contribution in [3.8, 4) is 17.0 Å². The lowest BCUT2D eigenvalue weighted by Gasteiger charge is -2.31. The number of benzene rings is 1. The first kappa shape index (κ1) is 17.2. The predicted molar refractivity (Wildman–Crippen MR) is 99.2 cm³/mol. The second-order valence-corrected chi connectivity index (χ2v) is 6.67. The number of nitrogens with zero attached hydrogens (tertiary/aromatic N) is 3. The summed E-state index contributed by atoms with van der Waals surface area (Å²) in [7, 11) is 0. The molecule has 1 aliphatic heterocycles. The van der Waals surface area contributed by atoms with E-state index in [-0.39, 0.29) is 17.2 Å². The Hall–Kier alpha value is -3.22. The van der Waals surface area contributed by atoms with Gasteiger partial charge >= 0.3 is 5.97 Å². The summed E-state index contributed by atoms with van der Waals surface area (Å²) in [4.78, 5) is 22.2. The molecule has 3 aromatic rings. The maximum atomic E-state index is 13.8. The fourth-order valence-electron chi connectivity index (χ4n) is 3.47. The molecular formula is C20H18FN3O3. The maximum absolute atomic E-state index is 13.8. The monoisotopic (exact) mass is 367 g/mol. The number of hydrogen-bond donors (Lipinski definition) is 2. The van der Waals surface area contributed by atoms with E-state index >= 15 is 0 Å². The van der Waals surface area contributed by atoms with Crippen LogP contribution in [0.2, 0.25) is 0 Å². The molecule has 0 atom stereocenters. The standard InChI is InChI=1S/C20H18FN3O3/c21-14-3-4-16(25)15(11-14)19-18-13(2-1-7-22-18)10-17(23-19)24-8-5-12(6-9-24)20(26)27/h1-4,7,10-12,25H,5-6,8-9H2,(H,26,27). The number of aliphatic carboxylic acids is 1. The van der Waals surface area contributed by atoms with E-state index in [1.807, 2.05) is 17.0 Å². The van der Waals surface area contributed by atoms with Crippen molar-refractivity contribution in [3.05, 3.63) is 48.4 Å². The number of aromatic hydroxyl groups is 1. The average molecular weight is 367 g/mol. The number of hydrogen-bond acceptors (Lipinski definition) is 5. The van der Waals surface area contributed by atoms with Crippen molar-refractivity contribution >= 4 is 22.7 Å². The molecule has 2 aromatic heterocycles. The molecule has 0 bridgehead atoms. The number of phenols is 1. The van der Waals surface area contributed by atoms with Gasteiger partial charge in [-0.3, -0.25) is 9.78 Å². The third-order valence-corrected chi connectivity index (χ3v) is 4.96. The first-order valence-electron chi connectivity index (χ1n) is 8.75. The zero-order valence-electron chi connectivity index (χ0n) is 14.5. The first-order chi connectivity index (χ1) is 13.0. The van der Waals surface area contributed by atoms with Crippen molar-refractivity contribution in [1.29, 1.82) is 0 Å². The van der Waals surface area contributed by atoms with Crippen molar-refractivity contribution in [2.24, 2.45) is 5.92 Å². The maximum Gasteiger partial charge on any atom is 0.306 e. The molecule has 0 radical (unpaired) electrons. The van der Waals surface area contributed by atoms with Crippen LogP contribution in [0.1, 0.15) is 12.8 Å². The van der Waals surface area contributed by atoms with Crippen molar-refractivity contribution < 1.29 is 19.4 Å². The summed E-state index contributed by atoms with van der Waals surface area (Å²) in [5.74, 6) is -0.984. The molecule has 1 aromatic carbocycles. The molecule has 6 nitrogen and oxygen atoms in total. The van der Waals surface area contributed by atoms with Gasteiger partial charge in [-0.15, -0.1) is 0 Å². The molecule has 1 fully saturated rings. The van der Waals surface area contributed by atoms with Gasteiger partial charge in [-0.1, -0.05) is 6.07 Å². The lowest BCUT2D eigenvalue weighted by molar-refractivity contribution is -0.142. The molecule has 3 heterocycles. The molecule has 27 heavy (non-hydrogen) atoms. The molecule has 1 aliphatic rings. The van der Waals surface area contributed by atoms with Gasteiger partial charge < -0.3 is 15.1 Å². The molecule has 0 amide bonds. The number of anilines is 1. The quantitative estimate of drug-likeness (QED) is 0.737. The SMILES string of the molecule is O=C(O)C1CCN(c2cc3cccnc3c(-c3cc(F)ccc3O)n2)CC1. The summed E-state index contributed by atoms with van der Waals surface area (Å²) in [6, 6.07) is 9.31. The van der Waals surface area contributed by atoms with Crippen LogP contribution in [0.3, 0.4) is 0 Å². The smallest absolute Gasteiger partial charge is 0.306 e. The topological polar surface area (TPSA) is 86.5 Å². The second kappa shape index (κ2) is 6.83. The van der Waals surface area contributed by atoms with Gasteiger partial charge in [-0.2, -0.15) is 0 Å². The number of carboxylic acid groups (broad SMARTS) is 1. The van der Waals surface area contributed by atoms with Crippen molar-refractivity contribution in [2.45, 2.75) is 12.8 Å². The van der Waals surface area contributed by atoms with E-state index in [1.54, 1.807) is 12.3 Å². The molecule has 7 heteroatoms. The highest BCUT2D eigenvalue weighted by molar-refractivity contribution is 5.94. The molecule has 1 saturated heterocycles. The van der Waals surface area contributed by atoms with Crippen molar-refractivity contribution in [3.63, 3.8) is 0 Å². The number of phenolic OH excluding ortho intramolecular Hbond substituents is 1. The van der Waals surface area contributed by atoms with E-state index in [9.17, 15) is 19.4 Å². The summed E-state index contributed by atoms with van der Waals surface area (Å²) in [5.41, 5.74) is 1.25. The third kappa shape index (κ3) is 3.28. The molecule has 0 unspecified atom stereocenters. The Balaban J connectivity index is 1.80. The summed E-state index contributed by atoms with van der Waals surface area (Å²) in [6.45, 7) is 1.15. The predicted octanol–water partition coefficient (Wildman–Crippen LogP) is 3.44. The van der Waals surface area contributed by atoms with Crippen LogP contribution in [0.5, 0.6) is 5.75 Å². The van der Waals surface area contributed by atoms with E-state index in [1.165, 1.54) is 18.2 Å². The number of rotatable bonds is 3. The number of fused-ring (bicyclic) bond motifs is 1. The van der Waals surface area contributed by atoms with Gasteiger partial charge in [-0.25, -0.2) is 9.37 Å². The van der Waals surface area contributed by atoms with Crippen LogP contribution in [0, 0.1) is 11.7 Å². The number of pyridine rings is 2. The van der Waals surface area contributed by atoms with Crippen LogP contribution < -0.4 is 4.90 Å². The van der Waals surface area contributed by atoms with Gasteiger partial charge in [-0.05, 0) is 43.2 Å². The minimum Gasteiger partial charge on any atom is -0.507 e. The summed E-state index contributed by atoms with van der Waals surface area (Å²) in [6.07, 6.45) is 2.72. The van der Waals surface area contributed by atoms with Crippen LogP contribution in [0.25, 0.3) is 22.2 Å². The fourth-order valence-corrected chi connectivity index (χ4v) is 3.47. The molecular weight excluding hydrogens is 349 g/mol. The van der Waals surface area contributed by atoms with E-state index in [0.29, 0.717) is 43.0 Å². The summed E-state index contributed by atoms with van der Waals surface area (Å²) in [5, 5.41) is 20.2. The minimum absolute atomic E-state index is 0.0717. The van der Waals surface area contributed by atoms with Gasteiger partial charge in [0.2, 0.25) is 0 Å². The number of carbonyl (C=O) groups is 1. The van der Waals surface area contributed by atoms with Gasteiger partial charge in [0.05, 0.1) is 11.4 Å². The molecule has 0 saturated carbocycles. The second-order valence-electron chi connectivity index (χ2n) is 6.67. The molecule has 2 N–H and O–H groups in total. The van der Waals surface area contributed by atoms with Crippen LogP contribution in [0.4, 0.5) is 10.2 Å². The largest absolute Gasteiger partial charge is 0.507 e. The normalized spacial score (nSPS) is 15.2. The average Bonchev–Trinajstić information content (AvgIpc) is 2.69. The molecule has 4 rings (SSSR count). The van der Waals surface area contributed by atoms with Crippen molar-refractivity contribution in [1.82, 2.24) is 9.97 Å². The van der Waals surface area contributed by atoms with Crippen LogP contribution in [-0.2, 0) is 4.79 Å². The van der Waals surface area contributed by atoms with Crippen LogP contribution in [0.15, 0.2) is 42.6 Å². The van der Waals surface area contributed by atoms with Crippen LogP contribution in [-0.4, -0.2) is 39.2 Å². The Kier molecular flexibility index (Phi) is 4.35. The lowest BCUT2D eigenvalue weighted by Crippen LogP contribution is -2.36. The Labute approximate surface area is 154 Å². The fraction of sp³-hybridized carbons (Fsp3) is 0.250. The summed E-state index contributed by atoms with van der Waals surface area (Å²) < 4.78 is 13.8. The van der Waals surface area contributed by atoms with E-state index < -0.39 is 11.8 Å². The van der Waals surface area contributed by atoms with Gasteiger partial charge in [0.1, 0.15) is 23.1 Å². The lowest BCUT2D eigenvalue weighted by atomic mass is 9.97. The van der Waals surface area contributed by atoms with E-state index in [2.05, 4.69) is 9.97 Å². The third-order valence-electron chi connectivity index (χ3n) is 4.96. The van der Waals surface area contributed by atoms with Gasteiger partial charge in [0, 0.05) is 30.2 Å². The summed E-state index contributed by atoms with van der Waals surface area (Å²) >= 11 is 0. The van der Waals surface area contributed by atoms with Crippen molar-refractivity contribution in [2.75, 3.05) is 18.0 Å².